The predicted octanol–water partition coefficient (Wildman–Crippen LogP) is 4.27. The van der Waals surface area contributed by atoms with Gasteiger partial charge in [-0.15, -0.1) is 0 Å². The van der Waals surface area contributed by atoms with Crippen LogP contribution in [0.2, 0.25) is 0 Å². The summed E-state index contributed by atoms with van der Waals surface area (Å²) in [7, 11) is 0. The van der Waals surface area contributed by atoms with Crippen molar-refractivity contribution in [3.05, 3.63) is 65.2 Å². The average Bonchev–Trinajstić information content (AvgIpc) is 2.54. The zero-order valence-electron chi connectivity index (χ0n) is 12.7. The minimum Gasteiger partial charge on any atom is -0.386 e. The summed E-state index contributed by atoms with van der Waals surface area (Å²) in [6.07, 6.45) is 1.53. The number of para-hydroxylation sites is 1. The highest BCUT2D eigenvalue weighted by atomic mass is 16.3. The normalized spacial score (nSPS) is 19.0. The molecule has 1 heterocycles. The van der Waals surface area contributed by atoms with Gasteiger partial charge in [-0.3, -0.25) is 0 Å². The molecular formula is C19H23NO. The molecule has 0 amide bonds. The van der Waals surface area contributed by atoms with Gasteiger partial charge >= 0.3 is 0 Å². The summed E-state index contributed by atoms with van der Waals surface area (Å²) in [5.74, 6) is 0.524. The van der Waals surface area contributed by atoms with Crippen LogP contribution < -0.4 is 5.32 Å². The van der Waals surface area contributed by atoms with E-state index in [1.807, 2.05) is 6.07 Å². The highest BCUT2D eigenvalue weighted by Crippen LogP contribution is 2.31. The van der Waals surface area contributed by atoms with Crippen LogP contribution in [0.5, 0.6) is 0 Å². The molecule has 2 heteroatoms. The maximum atomic E-state index is 10.6. The average molecular weight is 281 g/mol. The Bertz CT molecular complexity index is 603. The van der Waals surface area contributed by atoms with Gasteiger partial charge in [0.1, 0.15) is 0 Å². The fourth-order valence-electron chi connectivity index (χ4n) is 3.01. The molecule has 2 aromatic carbocycles. The number of hydrogen-bond donors (Lipinski definition) is 2. The molecule has 3 rings (SSSR count). The highest BCUT2D eigenvalue weighted by molar-refractivity contribution is 5.54. The summed E-state index contributed by atoms with van der Waals surface area (Å²) in [6.45, 7) is 4.37. The van der Waals surface area contributed by atoms with E-state index in [9.17, 15) is 5.11 Å². The Morgan fingerprint density at radius 1 is 1.00 bits per heavy atom. The van der Waals surface area contributed by atoms with Crippen molar-refractivity contribution in [3.63, 3.8) is 0 Å². The van der Waals surface area contributed by atoms with Crippen LogP contribution in [0.4, 0.5) is 5.69 Å². The van der Waals surface area contributed by atoms with Gasteiger partial charge in [0.25, 0.3) is 0 Å². The van der Waals surface area contributed by atoms with Crippen molar-refractivity contribution in [1.29, 1.82) is 0 Å². The summed E-state index contributed by atoms with van der Waals surface area (Å²) in [4.78, 5) is 0. The summed E-state index contributed by atoms with van der Waals surface area (Å²) >= 11 is 0. The molecule has 1 aliphatic rings. The van der Waals surface area contributed by atoms with Crippen LogP contribution in [0, 0.1) is 0 Å². The van der Waals surface area contributed by atoms with E-state index in [-0.39, 0.29) is 6.04 Å². The van der Waals surface area contributed by atoms with E-state index in [0.717, 1.165) is 24.1 Å². The fourth-order valence-corrected chi connectivity index (χ4v) is 3.01. The number of rotatable bonds is 3. The van der Waals surface area contributed by atoms with Gasteiger partial charge < -0.3 is 10.4 Å². The van der Waals surface area contributed by atoms with Crippen LogP contribution in [0.25, 0.3) is 0 Å². The summed E-state index contributed by atoms with van der Waals surface area (Å²) in [5.41, 5.74) is 4.81. The SMILES string of the molecule is CC(C)c1ccc(C(O)C2CCc3ccccc3N2)cc1. The molecule has 2 aromatic rings. The van der Waals surface area contributed by atoms with E-state index in [1.54, 1.807) is 0 Å². The Balaban J connectivity index is 1.75. The number of anilines is 1. The Kier molecular flexibility index (Phi) is 3.98. The lowest BCUT2D eigenvalue weighted by atomic mass is 9.91. The summed E-state index contributed by atoms with van der Waals surface area (Å²) in [5, 5.41) is 14.1. The van der Waals surface area contributed by atoms with E-state index >= 15 is 0 Å². The van der Waals surface area contributed by atoms with Crippen LogP contribution in [0.3, 0.4) is 0 Å². The highest BCUT2D eigenvalue weighted by Gasteiger charge is 2.25. The Labute approximate surface area is 126 Å². The van der Waals surface area contributed by atoms with Crippen molar-refractivity contribution in [1.82, 2.24) is 0 Å². The van der Waals surface area contributed by atoms with Crippen LogP contribution in [0.1, 0.15) is 49.0 Å². The molecule has 2 nitrogen and oxygen atoms in total. The number of hydrogen-bond acceptors (Lipinski definition) is 2. The first kappa shape index (κ1) is 14.2. The van der Waals surface area contributed by atoms with Crippen molar-refractivity contribution in [2.75, 3.05) is 5.32 Å². The monoisotopic (exact) mass is 281 g/mol. The van der Waals surface area contributed by atoms with Crippen LogP contribution >= 0.6 is 0 Å². The zero-order valence-corrected chi connectivity index (χ0v) is 12.7. The molecule has 1 aliphatic heterocycles. The number of aliphatic hydroxyl groups is 1. The maximum Gasteiger partial charge on any atom is 0.0991 e. The van der Waals surface area contributed by atoms with Gasteiger partial charge in [0.15, 0.2) is 0 Å². The minimum atomic E-state index is -0.459. The van der Waals surface area contributed by atoms with Crippen molar-refractivity contribution >= 4 is 5.69 Å². The molecule has 0 saturated heterocycles. The van der Waals surface area contributed by atoms with Crippen molar-refractivity contribution < 1.29 is 5.11 Å². The van der Waals surface area contributed by atoms with Crippen LogP contribution in [-0.2, 0) is 6.42 Å². The van der Waals surface area contributed by atoms with Gasteiger partial charge in [-0.25, -0.2) is 0 Å². The summed E-state index contributed by atoms with van der Waals surface area (Å²) in [6, 6.07) is 16.8. The smallest absolute Gasteiger partial charge is 0.0991 e. The second-order valence-electron chi connectivity index (χ2n) is 6.21. The third-order valence-electron chi connectivity index (χ3n) is 4.41. The van der Waals surface area contributed by atoms with Crippen LogP contribution in [0.15, 0.2) is 48.5 Å². The minimum absolute atomic E-state index is 0.0878. The first-order valence-electron chi connectivity index (χ1n) is 7.77. The quantitative estimate of drug-likeness (QED) is 0.880. The molecule has 2 unspecified atom stereocenters. The molecule has 0 saturated carbocycles. The molecule has 0 fully saturated rings. The molecule has 0 bridgehead atoms. The zero-order chi connectivity index (χ0) is 14.8. The number of aryl methyl sites for hydroxylation is 1. The van der Waals surface area contributed by atoms with Gasteiger partial charge in [-0.1, -0.05) is 56.3 Å². The fraction of sp³-hybridized carbons (Fsp3) is 0.368. The van der Waals surface area contributed by atoms with E-state index < -0.39 is 6.10 Å². The predicted molar refractivity (Wildman–Crippen MR) is 87.7 cm³/mol. The molecule has 2 N–H and O–H groups in total. The van der Waals surface area contributed by atoms with Gasteiger partial charge in [-0.2, -0.15) is 0 Å². The molecule has 0 radical (unpaired) electrons. The van der Waals surface area contributed by atoms with E-state index in [4.69, 9.17) is 0 Å². The van der Waals surface area contributed by atoms with Gasteiger partial charge in [0.05, 0.1) is 12.1 Å². The van der Waals surface area contributed by atoms with E-state index in [2.05, 4.69) is 61.6 Å². The standard InChI is InChI=1S/C19H23NO/c1-13(2)14-7-9-16(10-8-14)19(21)18-12-11-15-5-3-4-6-17(15)20-18/h3-10,13,18-21H,11-12H2,1-2H3. The number of benzene rings is 2. The molecule has 0 aromatic heterocycles. The van der Waals surface area contributed by atoms with E-state index in [1.165, 1.54) is 11.1 Å². The topological polar surface area (TPSA) is 32.3 Å². The lowest BCUT2D eigenvalue weighted by Crippen LogP contribution is -2.31. The number of aliphatic hydroxyl groups excluding tert-OH is 1. The molecule has 2 atom stereocenters. The lowest BCUT2D eigenvalue weighted by molar-refractivity contribution is 0.149. The Morgan fingerprint density at radius 2 is 1.67 bits per heavy atom. The molecule has 0 aliphatic carbocycles. The van der Waals surface area contributed by atoms with Crippen LogP contribution in [-0.4, -0.2) is 11.1 Å². The Hall–Kier alpha value is -1.80. The van der Waals surface area contributed by atoms with Crippen molar-refractivity contribution in [2.45, 2.75) is 44.8 Å². The molecule has 0 spiro atoms. The lowest BCUT2D eigenvalue weighted by Gasteiger charge is -2.31. The van der Waals surface area contributed by atoms with Crippen molar-refractivity contribution in [2.24, 2.45) is 0 Å². The number of fused-ring (bicyclic) bond motifs is 1. The van der Waals surface area contributed by atoms with Gasteiger partial charge in [0.2, 0.25) is 0 Å². The van der Waals surface area contributed by atoms with E-state index in [0.29, 0.717) is 5.92 Å². The van der Waals surface area contributed by atoms with Crippen molar-refractivity contribution in [3.8, 4) is 0 Å². The first-order valence-corrected chi connectivity index (χ1v) is 7.77. The van der Waals surface area contributed by atoms with Gasteiger partial charge in [0, 0.05) is 5.69 Å². The third kappa shape index (κ3) is 2.96. The second-order valence-corrected chi connectivity index (χ2v) is 6.21. The van der Waals surface area contributed by atoms with Gasteiger partial charge in [-0.05, 0) is 41.5 Å². The molecular weight excluding hydrogens is 258 g/mol. The molecule has 110 valence electrons. The first-order chi connectivity index (χ1) is 10.1. The summed E-state index contributed by atoms with van der Waals surface area (Å²) < 4.78 is 0. The largest absolute Gasteiger partial charge is 0.386 e. The number of nitrogens with one attached hydrogen (secondary N) is 1. The third-order valence-corrected chi connectivity index (χ3v) is 4.41. The molecule has 21 heavy (non-hydrogen) atoms. The second kappa shape index (κ2) is 5.90. The maximum absolute atomic E-state index is 10.6. The Morgan fingerprint density at radius 3 is 2.38 bits per heavy atom.